The van der Waals surface area contributed by atoms with Gasteiger partial charge in [-0.2, -0.15) is 0 Å². The number of pyridine rings is 1. The average molecular weight is 362 g/mol. The Morgan fingerprint density at radius 1 is 1.30 bits per heavy atom. The minimum absolute atomic E-state index is 0.0607. The van der Waals surface area contributed by atoms with E-state index in [4.69, 9.17) is 4.74 Å². The van der Waals surface area contributed by atoms with Crippen molar-refractivity contribution in [1.82, 2.24) is 19.9 Å². The zero-order chi connectivity index (χ0) is 18.8. The Morgan fingerprint density at radius 3 is 2.93 bits per heavy atom. The molecule has 0 bridgehead atoms. The molecule has 27 heavy (non-hydrogen) atoms. The second-order valence-electron chi connectivity index (χ2n) is 6.85. The minimum atomic E-state index is -0.0607. The second-order valence-corrected chi connectivity index (χ2v) is 6.85. The van der Waals surface area contributed by atoms with E-state index in [1.807, 2.05) is 25.1 Å². The molecule has 2 aromatic heterocycles. The SMILES string of the molecule is COc1ccc(CN2CCc3nc(-c4cccnc4)[nH]c(=O)c3C2)cc1C. The highest BCUT2D eigenvalue weighted by atomic mass is 16.5. The number of hydrogen-bond acceptors (Lipinski definition) is 5. The third-order valence-electron chi connectivity index (χ3n) is 4.95. The quantitative estimate of drug-likeness (QED) is 0.773. The fourth-order valence-electron chi connectivity index (χ4n) is 3.55. The lowest BCUT2D eigenvalue weighted by Gasteiger charge is -2.28. The first kappa shape index (κ1) is 17.4. The number of methoxy groups -OCH3 is 1. The summed E-state index contributed by atoms with van der Waals surface area (Å²) in [6.07, 6.45) is 4.19. The van der Waals surface area contributed by atoms with Gasteiger partial charge in [0.25, 0.3) is 5.56 Å². The van der Waals surface area contributed by atoms with Crippen LogP contribution in [-0.2, 0) is 19.5 Å². The van der Waals surface area contributed by atoms with Crippen molar-refractivity contribution in [2.75, 3.05) is 13.7 Å². The number of aromatic nitrogens is 3. The third kappa shape index (κ3) is 3.61. The summed E-state index contributed by atoms with van der Waals surface area (Å²) in [6.45, 7) is 4.33. The molecule has 0 amide bonds. The highest BCUT2D eigenvalue weighted by Gasteiger charge is 2.21. The zero-order valence-corrected chi connectivity index (χ0v) is 15.5. The number of nitrogens with zero attached hydrogens (tertiary/aromatic N) is 3. The maximum Gasteiger partial charge on any atom is 0.255 e. The molecule has 3 aromatic rings. The van der Waals surface area contributed by atoms with Gasteiger partial charge >= 0.3 is 0 Å². The lowest BCUT2D eigenvalue weighted by molar-refractivity contribution is 0.241. The van der Waals surface area contributed by atoms with Crippen molar-refractivity contribution in [2.24, 2.45) is 0 Å². The van der Waals surface area contributed by atoms with Crippen LogP contribution in [0.5, 0.6) is 5.75 Å². The first-order chi connectivity index (χ1) is 13.1. The van der Waals surface area contributed by atoms with Gasteiger partial charge in [0.1, 0.15) is 11.6 Å². The van der Waals surface area contributed by atoms with Gasteiger partial charge < -0.3 is 9.72 Å². The van der Waals surface area contributed by atoms with Crippen LogP contribution < -0.4 is 10.3 Å². The van der Waals surface area contributed by atoms with Gasteiger partial charge in [-0.1, -0.05) is 12.1 Å². The number of aromatic amines is 1. The number of nitrogens with one attached hydrogen (secondary N) is 1. The first-order valence-corrected chi connectivity index (χ1v) is 9.02. The van der Waals surface area contributed by atoms with E-state index >= 15 is 0 Å². The predicted molar refractivity (Wildman–Crippen MR) is 104 cm³/mol. The Balaban J connectivity index is 1.55. The lowest BCUT2D eigenvalue weighted by atomic mass is 10.0. The van der Waals surface area contributed by atoms with E-state index in [1.54, 1.807) is 19.5 Å². The van der Waals surface area contributed by atoms with Crippen LogP contribution in [0, 0.1) is 6.92 Å². The van der Waals surface area contributed by atoms with Crippen LogP contribution >= 0.6 is 0 Å². The largest absolute Gasteiger partial charge is 0.496 e. The van der Waals surface area contributed by atoms with Crippen molar-refractivity contribution in [3.63, 3.8) is 0 Å². The third-order valence-corrected chi connectivity index (χ3v) is 4.95. The molecule has 3 heterocycles. The summed E-state index contributed by atoms with van der Waals surface area (Å²) >= 11 is 0. The molecular formula is C21H22N4O2. The standard InChI is InChI=1S/C21H22N4O2/c1-14-10-15(5-6-19(14)27-2)12-25-9-7-18-17(13-25)21(26)24-20(23-18)16-4-3-8-22-11-16/h3-6,8,10-11H,7,9,12-13H2,1-2H3,(H,23,24,26). The summed E-state index contributed by atoms with van der Waals surface area (Å²) in [5.74, 6) is 1.48. The number of ether oxygens (including phenoxy) is 1. The maximum atomic E-state index is 12.6. The Morgan fingerprint density at radius 2 is 2.19 bits per heavy atom. The van der Waals surface area contributed by atoms with E-state index in [0.29, 0.717) is 12.4 Å². The van der Waals surface area contributed by atoms with Gasteiger partial charge in [0.15, 0.2) is 0 Å². The van der Waals surface area contributed by atoms with Gasteiger partial charge in [-0.15, -0.1) is 0 Å². The molecular weight excluding hydrogens is 340 g/mol. The minimum Gasteiger partial charge on any atom is -0.496 e. The fourth-order valence-corrected chi connectivity index (χ4v) is 3.55. The highest BCUT2D eigenvalue weighted by Crippen LogP contribution is 2.22. The summed E-state index contributed by atoms with van der Waals surface area (Å²) in [5, 5.41) is 0. The van der Waals surface area contributed by atoms with E-state index in [9.17, 15) is 4.79 Å². The topological polar surface area (TPSA) is 71.1 Å². The van der Waals surface area contributed by atoms with Gasteiger partial charge in [-0.05, 0) is 36.2 Å². The molecule has 0 atom stereocenters. The van der Waals surface area contributed by atoms with Gasteiger partial charge in [0.2, 0.25) is 0 Å². The molecule has 1 N–H and O–H groups in total. The number of benzene rings is 1. The molecule has 1 aromatic carbocycles. The zero-order valence-electron chi connectivity index (χ0n) is 15.5. The van der Waals surface area contributed by atoms with Crippen molar-refractivity contribution < 1.29 is 4.74 Å². The number of hydrogen-bond donors (Lipinski definition) is 1. The van der Waals surface area contributed by atoms with Crippen molar-refractivity contribution in [1.29, 1.82) is 0 Å². The van der Waals surface area contributed by atoms with Crippen molar-refractivity contribution >= 4 is 0 Å². The second kappa shape index (κ2) is 7.32. The fraction of sp³-hybridized carbons (Fsp3) is 0.286. The molecule has 0 saturated heterocycles. The average Bonchev–Trinajstić information content (AvgIpc) is 2.69. The summed E-state index contributed by atoms with van der Waals surface area (Å²) in [5.41, 5.74) is 4.75. The summed E-state index contributed by atoms with van der Waals surface area (Å²) in [7, 11) is 1.68. The molecule has 1 aliphatic heterocycles. The molecule has 0 saturated carbocycles. The molecule has 1 aliphatic rings. The van der Waals surface area contributed by atoms with Crippen LogP contribution in [-0.4, -0.2) is 33.5 Å². The molecule has 0 radical (unpaired) electrons. The van der Waals surface area contributed by atoms with Crippen LogP contribution in [0.2, 0.25) is 0 Å². The van der Waals surface area contributed by atoms with Gasteiger partial charge in [0, 0.05) is 44.0 Å². The Labute approximate surface area is 157 Å². The smallest absolute Gasteiger partial charge is 0.255 e. The molecule has 0 aliphatic carbocycles. The molecule has 6 nitrogen and oxygen atoms in total. The van der Waals surface area contributed by atoms with Crippen molar-refractivity contribution in [3.8, 4) is 17.1 Å². The number of aryl methyl sites for hydroxylation is 1. The van der Waals surface area contributed by atoms with Gasteiger partial charge in [-0.3, -0.25) is 14.7 Å². The molecule has 138 valence electrons. The Kier molecular flexibility index (Phi) is 4.73. The molecule has 4 rings (SSSR count). The molecule has 6 heteroatoms. The van der Waals surface area contributed by atoms with Crippen molar-refractivity contribution in [3.05, 3.63) is 75.5 Å². The lowest BCUT2D eigenvalue weighted by Crippen LogP contribution is -2.35. The van der Waals surface area contributed by atoms with Gasteiger partial charge in [0.05, 0.1) is 18.4 Å². The first-order valence-electron chi connectivity index (χ1n) is 9.02. The normalized spacial score (nSPS) is 14.0. The van der Waals surface area contributed by atoms with Gasteiger partial charge in [-0.25, -0.2) is 4.98 Å². The van der Waals surface area contributed by atoms with E-state index in [1.165, 1.54) is 5.56 Å². The van der Waals surface area contributed by atoms with Crippen LogP contribution in [0.4, 0.5) is 0 Å². The van der Waals surface area contributed by atoms with Crippen LogP contribution in [0.1, 0.15) is 22.4 Å². The summed E-state index contributed by atoms with van der Waals surface area (Å²) < 4.78 is 5.33. The molecule has 0 spiro atoms. The number of fused-ring (bicyclic) bond motifs is 1. The predicted octanol–water partition coefficient (Wildman–Crippen LogP) is 2.71. The monoisotopic (exact) mass is 362 g/mol. The van der Waals surface area contributed by atoms with E-state index in [2.05, 4.69) is 32.0 Å². The maximum absolute atomic E-state index is 12.6. The van der Waals surface area contributed by atoms with E-state index in [-0.39, 0.29) is 5.56 Å². The summed E-state index contributed by atoms with van der Waals surface area (Å²) in [6, 6.07) is 9.96. The van der Waals surface area contributed by atoms with Crippen LogP contribution in [0.3, 0.4) is 0 Å². The summed E-state index contributed by atoms with van der Waals surface area (Å²) in [4.78, 5) is 26.6. The van der Waals surface area contributed by atoms with Crippen LogP contribution in [0.25, 0.3) is 11.4 Å². The van der Waals surface area contributed by atoms with Crippen molar-refractivity contribution in [2.45, 2.75) is 26.4 Å². The Bertz CT molecular complexity index is 1010. The number of H-pyrrole nitrogens is 1. The molecule has 0 fully saturated rings. The van der Waals surface area contributed by atoms with E-state index in [0.717, 1.165) is 47.6 Å². The van der Waals surface area contributed by atoms with Crippen LogP contribution in [0.15, 0.2) is 47.5 Å². The Hall–Kier alpha value is -2.99. The highest BCUT2D eigenvalue weighted by molar-refractivity contribution is 5.53. The molecule has 0 unspecified atom stereocenters. The number of rotatable bonds is 4. The van der Waals surface area contributed by atoms with E-state index < -0.39 is 0 Å².